The summed E-state index contributed by atoms with van der Waals surface area (Å²) in [6.45, 7) is 5.83. The van der Waals surface area contributed by atoms with Crippen molar-refractivity contribution < 1.29 is 14.6 Å². The fraction of sp³-hybridized carbons (Fsp3) is 0.909. The molecule has 14 heavy (non-hydrogen) atoms. The Balaban J connectivity index is 2.50. The molecule has 1 aliphatic carbocycles. The molecule has 0 aromatic carbocycles. The van der Waals surface area contributed by atoms with Gasteiger partial charge in [0.25, 0.3) is 0 Å². The molecule has 0 spiro atoms. The van der Waals surface area contributed by atoms with E-state index in [0.717, 1.165) is 6.42 Å². The number of aliphatic hydroxyl groups excluding tert-OH is 1. The molecule has 1 N–H and O–H groups in total. The maximum Gasteiger partial charge on any atom is 0.154 e. The quantitative estimate of drug-likeness (QED) is 0.701. The second-order valence-electron chi connectivity index (χ2n) is 4.84. The molecule has 3 heteroatoms. The number of rotatable bonds is 4. The van der Waals surface area contributed by atoms with Gasteiger partial charge in [0.2, 0.25) is 0 Å². The first-order valence-electron chi connectivity index (χ1n) is 5.11. The molecule has 3 atom stereocenters. The van der Waals surface area contributed by atoms with Crippen LogP contribution in [0.1, 0.15) is 33.6 Å². The molecule has 0 heterocycles. The maximum absolute atomic E-state index is 11.2. The Morgan fingerprint density at radius 1 is 1.64 bits per heavy atom. The standard InChI is InChI=1S/C11H20O3/c1-7(12)9-5-8(11(9,2)3)6-10(13)14-4/h8-10,13H,5-6H2,1-4H3/t8-,9-,10?/m0/s1. The molecular weight excluding hydrogens is 180 g/mol. The average Bonchev–Trinajstić information content (AvgIpc) is 2.10. The second-order valence-corrected chi connectivity index (χ2v) is 4.84. The Labute approximate surface area is 85.5 Å². The number of hydrogen-bond acceptors (Lipinski definition) is 3. The number of carbonyl (C=O) groups excluding carboxylic acids is 1. The third-order valence-corrected chi connectivity index (χ3v) is 3.72. The van der Waals surface area contributed by atoms with E-state index in [0.29, 0.717) is 12.3 Å². The first-order chi connectivity index (χ1) is 6.39. The van der Waals surface area contributed by atoms with Crippen molar-refractivity contribution in [2.24, 2.45) is 17.3 Å². The van der Waals surface area contributed by atoms with Crippen LogP contribution in [0.5, 0.6) is 0 Å². The molecule has 1 rings (SSSR count). The summed E-state index contributed by atoms with van der Waals surface area (Å²) in [5.41, 5.74) is 0.0192. The molecule has 1 unspecified atom stereocenters. The van der Waals surface area contributed by atoms with E-state index in [1.54, 1.807) is 6.92 Å². The summed E-state index contributed by atoms with van der Waals surface area (Å²) in [5.74, 6) is 0.820. The molecule has 0 radical (unpaired) electrons. The highest BCUT2D eigenvalue weighted by Crippen LogP contribution is 2.53. The van der Waals surface area contributed by atoms with Crippen molar-refractivity contribution in [2.75, 3.05) is 7.11 Å². The molecule has 0 saturated heterocycles. The van der Waals surface area contributed by atoms with E-state index in [2.05, 4.69) is 13.8 Å². The van der Waals surface area contributed by atoms with Gasteiger partial charge in [-0.3, -0.25) is 4.79 Å². The summed E-state index contributed by atoms with van der Waals surface area (Å²) in [6.07, 6.45) is 0.836. The molecule has 0 amide bonds. The van der Waals surface area contributed by atoms with Crippen molar-refractivity contribution in [1.29, 1.82) is 0 Å². The van der Waals surface area contributed by atoms with Crippen LogP contribution in [0, 0.1) is 17.3 Å². The number of ether oxygens (including phenoxy) is 1. The van der Waals surface area contributed by atoms with E-state index in [1.165, 1.54) is 7.11 Å². The average molecular weight is 200 g/mol. The number of carbonyl (C=O) groups is 1. The van der Waals surface area contributed by atoms with Crippen molar-refractivity contribution in [1.82, 2.24) is 0 Å². The summed E-state index contributed by atoms with van der Waals surface area (Å²) in [7, 11) is 1.50. The zero-order valence-electron chi connectivity index (χ0n) is 9.41. The molecule has 0 aromatic heterocycles. The van der Waals surface area contributed by atoms with Crippen LogP contribution in [-0.4, -0.2) is 24.3 Å². The largest absolute Gasteiger partial charge is 0.368 e. The van der Waals surface area contributed by atoms with Gasteiger partial charge in [0, 0.05) is 19.4 Å². The molecule has 3 nitrogen and oxygen atoms in total. The van der Waals surface area contributed by atoms with Gasteiger partial charge in [0.05, 0.1) is 0 Å². The number of Topliss-reactive ketones (excluding diaryl/α,β-unsaturated/α-hetero) is 1. The van der Waals surface area contributed by atoms with Gasteiger partial charge >= 0.3 is 0 Å². The predicted molar refractivity (Wildman–Crippen MR) is 53.7 cm³/mol. The van der Waals surface area contributed by atoms with Crippen LogP contribution in [0.4, 0.5) is 0 Å². The van der Waals surface area contributed by atoms with Gasteiger partial charge < -0.3 is 9.84 Å². The van der Waals surface area contributed by atoms with Crippen LogP contribution < -0.4 is 0 Å². The smallest absolute Gasteiger partial charge is 0.154 e. The number of ketones is 1. The monoisotopic (exact) mass is 200 g/mol. The Kier molecular flexibility index (Phi) is 3.32. The van der Waals surface area contributed by atoms with E-state index in [-0.39, 0.29) is 17.1 Å². The lowest BCUT2D eigenvalue weighted by Crippen LogP contribution is -2.49. The van der Waals surface area contributed by atoms with Gasteiger partial charge in [0.15, 0.2) is 6.29 Å². The van der Waals surface area contributed by atoms with Gasteiger partial charge in [-0.15, -0.1) is 0 Å². The molecular formula is C11H20O3. The molecule has 1 fully saturated rings. The van der Waals surface area contributed by atoms with Crippen LogP contribution >= 0.6 is 0 Å². The zero-order valence-corrected chi connectivity index (χ0v) is 9.41. The fourth-order valence-electron chi connectivity index (χ4n) is 2.45. The normalized spacial score (nSPS) is 32.1. The molecule has 0 aromatic rings. The third kappa shape index (κ3) is 1.98. The molecule has 82 valence electrons. The summed E-state index contributed by atoms with van der Waals surface area (Å²) >= 11 is 0. The van der Waals surface area contributed by atoms with Crippen molar-refractivity contribution in [2.45, 2.75) is 39.9 Å². The van der Waals surface area contributed by atoms with Crippen LogP contribution in [0.3, 0.4) is 0 Å². The highest BCUT2D eigenvalue weighted by atomic mass is 16.6. The van der Waals surface area contributed by atoms with Crippen LogP contribution in [-0.2, 0) is 9.53 Å². The topological polar surface area (TPSA) is 46.5 Å². The van der Waals surface area contributed by atoms with E-state index in [1.807, 2.05) is 0 Å². The minimum absolute atomic E-state index is 0.0192. The minimum Gasteiger partial charge on any atom is -0.368 e. The van der Waals surface area contributed by atoms with Gasteiger partial charge in [0.1, 0.15) is 5.78 Å². The summed E-state index contributed by atoms with van der Waals surface area (Å²) in [5, 5.41) is 9.34. The first kappa shape index (κ1) is 11.7. The molecule has 0 bridgehead atoms. The lowest BCUT2D eigenvalue weighted by molar-refractivity contribution is -0.150. The van der Waals surface area contributed by atoms with Gasteiger partial charge in [-0.05, 0) is 24.7 Å². The van der Waals surface area contributed by atoms with Crippen molar-refractivity contribution in [3.8, 4) is 0 Å². The number of methoxy groups -OCH3 is 1. The maximum atomic E-state index is 11.2. The highest BCUT2D eigenvalue weighted by Gasteiger charge is 2.50. The summed E-state index contributed by atoms with van der Waals surface area (Å²) < 4.78 is 4.82. The Hall–Kier alpha value is -0.410. The lowest BCUT2D eigenvalue weighted by Gasteiger charge is -2.51. The van der Waals surface area contributed by atoms with E-state index in [4.69, 9.17) is 4.74 Å². The molecule has 1 aliphatic rings. The van der Waals surface area contributed by atoms with Crippen molar-refractivity contribution >= 4 is 5.78 Å². The molecule has 1 saturated carbocycles. The fourth-order valence-corrected chi connectivity index (χ4v) is 2.45. The van der Waals surface area contributed by atoms with Crippen molar-refractivity contribution in [3.63, 3.8) is 0 Å². The second kappa shape index (κ2) is 3.99. The van der Waals surface area contributed by atoms with Gasteiger partial charge in [-0.25, -0.2) is 0 Å². The zero-order chi connectivity index (χ0) is 10.9. The Morgan fingerprint density at radius 3 is 2.57 bits per heavy atom. The number of hydrogen-bond donors (Lipinski definition) is 1. The van der Waals surface area contributed by atoms with Crippen molar-refractivity contribution in [3.05, 3.63) is 0 Å². The first-order valence-corrected chi connectivity index (χ1v) is 5.11. The predicted octanol–water partition coefficient (Wildman–Crippen LogP) is 1.59. The van der Waals surface area contributed by atoms with E-state index >= 15 is 0 Å². The summed E-state index contributed by atoms with van der Waals surface area (Å²) in [6, 6.07) is 0. The summed E-state index contributed by atoms with van der Waals surface area (Å²) in [4.78, 5) is 11.2. The van der Waals surface area contributed by atoms with Gasteiger partial charge in [-0.1, -0.05) is 13.8 Å². The van der Waals surface area contributed by atoms with Crippen LogP contribution in [0.15, 0.2) is 0 Å². The SMILES string of the molecule is COC(O)C[C@@H]1C[C@@H](C(C)=O)C1(C)C. The van der Waals surface area contributed by atoms with Gasteiger partial charge in [-0.2, -0.15) is 0 Å². The Bertz CT molecular complexity index is 223. The van der Waals surface area contributed by atoms with E-state index in [9.17, 15) is 9.90 Å². The van der Waals surface area contributed by atoms with E-state index < -0.39 is 6.29 Å². The lowest BCUT2D eigenvalue weighted by atomic mass is 9.52. The number of aliphatic hydroxyl groups is 1. The third-order valence-electron chi connectivity index (χ3n) is 3.72. The minimum atomic E-state index is -0.688. The van der Waals surface area contributed by atoms with Crippen LogP contribution in [0.25, 0.3) is 0 Å². The highest BCUT2D eigenvalue weighted by molar-refractivity contribution is 5.80. The Morgan fingerprint density at radius 2 is 2.21 bits per heavy atom. The van der Waals surface area contributed by atoms with Crippen LogP contribution in [0.2, 0.25) is 0 Å². The molecule has 0 aliphatic heterocycles.